The third kappa shape index (κ3) is 9.89. The molecule has 0 amide bonds. The molecule has 130 valence electrons. The Balaban J connectivity index is 0.000000377. The summed E-state index contributed by atoms with van der Waals surface area (Å²) in [5.74, 6) is 0.343. The van der Waals surface area contributed by atoms with Gasteiger partial charge in [-0.15, -0.1) is 0 Å². The number of ether oxygens (including phenoxy) is 4. The fourth-order valence-corrected chi connectivity index (χ4v) is 1.43. The summed E-state index contributed by atoms with van der Waals surface area (Å²) < 4.78 is 17.0. The number of hydrogen-bond donors (Lipinski definition) is 0. The molecule has 2 aromatic rings. The molecule has 0 aliphatic rings. The Kier molecular flexibility index (Phi) is 12.0. The number of rotatable bonds is 3. The Morgan fingerprint density at radius 2 is 1.00 bits per heavy atom. The molecule has 0 aliphatic carbocycles. The SMILES string of the molecule is C=C(OC)OC.COC(=O)OC.c1ccc(-c2ccccc2)cc1. The largest absolute Gasteiger partial charge is 0.507 e. The van der Waals surface area contributed by atoms with E-state index in [1.54, 1.807) is 0 Å². The van der Waals surface area contributed by atoms with E-state index in [9.17, 15) is 4.79 Å². The molecule has 0 saturated carbocycles. The van der Waals surface area contributed by atoms with E-state index in [1.165, 1.54) is 39.6 Å². The Hall–Kier alpha value is -2.95. The molecule has 24 heavy (non-hydrogen) atoms. The second-order valence-electron chi connectivity index (χ2n) is 4.17. The van der Waals surface area contributed by atoms with E-state index < -0.39 is 6.16 Å². The summed E-state index contributed by atoms with van der Waals surface area (Å²) in [5, 5.41) is 0. The van der Waals surface area contributed by atoms with E-state index in [0.29, 0.717) is 5.95 Å². The third-order valence-corrected chi connectivity index (χ3v) is 2.67. The van der Waals surface area contributed by atoms with E-state index in [2.05, 4.69) is 74.1 Å². The minimum absolute atomic E-state index is 0.343. The van der Waals surface area contributed by atoms with Crippen molar-refractivity contribution in [3.8, 4) is 11.1 Å². The molecule has 0 heterocycles. The summed E-state index contributed by atoms with van der Waals surface area (Å²) in [6, 6.07) is 20.8. The van der Waals surface area contributed by atoms with E-state index in [4.69, 9.17) is 0 Å². The maximum Gasteiger partial charge on any atom is 0.507 e. The van der Waals surface area contributed by atoms with Crippen LogP contribution >= 0.6 is 0 Å². The smallest absolute Gasteiger partial charge is 0.469 e. The lowest BCUT2D eigenvalue weighted by atomic mass is 10.1. The molecule has 0 atom stereocenters. The summed E-state index contributed by atoms with van der Waals surface area (Å²) >= 11 is 0. The average molecular weight is 332 g/mol. The van der Waals surface area contributed by atoms with Gasteiger partial charge in [0.15, 0.2) is 0 Å². The van der Waals surface area contributed by atoms with Crippen LogP contribution in [0.1, 0.15) is 0 Å². The molecule has 0 spiro atoms. The zero-order valence-electron chi connectivity index (χ0n) is 14.5. The van der Waals surface area contributed by atoms with Crippen LogP contribution in [0.25, 0.3) is 11.1 Å². The maximum absolute atomic E-state index is 9.74. The Morgan fingerprint density at radius 1 is 0.667 bits per heavy atom. The second-order valence-corrected chi connectivity index (χ2v) is 4.17. The van der Waals surface area contributed by atoms with Crippen molar-refractivity contribution < 1.29 is 23.7 Å². The quantitative estimate of drug-likeness (QED) is 0.612. The highest BCUT2D eigenvalue weighted by molar-refractivity contribution is 5.62. The van der Waals surface area contributed by atoms with Gasteiger partial charge < -0.3 is 18.9 Å². The van der Waals surface area contributed by atoms with Gasteiger partial charge in [-0.2, -0.15) is 0 Å². The van der Waals surface area contributed by atoms with Gasteiger partial charge in [-0.25, -0.2) is 4.79 Å². The molecule has 5 nitrogen and oxygen atoms in total. The molecule has 2 rings (SSSR count). The van der Waals surface area contributed by atoms with Crippen LogP contribution in [0.2, 0.25) is 0 Å². The van der Waals surface area contributed by atoms with Crippen LogP contribution < -0.4 is 0 Å². The fraction of sp³-hybridized carbons (Fsp3) is 0.211. The molecule has 0 aromatic heterocycles. The molecular formula is C19H24O5. The Bertz CT molecular complexity index is 501. The Morgan fingerprint density at radius 3 is 1.17 bits per heavy atom. The summed E-state index contributed by atoms with van der Waals surface area (Å²) in [6.45, 7) is 3.35. The molecule has 2 aromatic carbocycles. The highest BCUT2D eigenvalue weighted by Gasteiger charge is 1.91. The van der Waals surface area contributed by atoms with Gasteiger partial charge in [-0.1, -0.05) is 60.7 Å². The van der Waals surface area contributed by atoms with Crippen LogP contribution in [0.3, 0.4) is 0 Å². The second kappa shape index (κ2) is 13.7. The summed E-state index contributed by atoms with van der Waals surface area (Å²) in [7, 11) is 5.52. The first kappa shape index (κ1) is 21.0. The van der Waals surface area contributed by atoms with Gasteiger partial charge in [-0.3, -0.25) is 0 Å². The Labute approximate surface area is 143 Å². The summed E-state index contributed by atoms with van der Waals surface area (Å²) in [6.07, 6.45) is -0.657. The molecular weight excluding hydrogens is 308 g/mol. The van der Waals surface area contributed by atoms with E-state index in [1.807, 2.05) is 12.1 Å². The lowest BCUT2D eigenvalue weighted by molar-refractivity contribution is 0.0924. The van der Waals surface area contributed by atoms with Crippen molar-refractivity contribution in [3.63, 3.8) is 0 Å². The number of carbonyl (C=O) groups excluding carboxylic acids is 1. The fourth-order valence-electron chi connectivity index (χ4n) is 1.43. The van der Waals surface area contributed by atoms with Gasteiger partial charge >= 0.3 is 6.16 Å². The molecule has 0 N–H and O–H groups in total. The monoisotopic (exact) mass is 332 g/mol. The molecule has 0 bridgehead atoms. The normalized spacial score (nSPS) is 8.33. The number of methoxy groups -OCH3 is 4. The molecule has 0 unspecified atom stereocenters. The van der Waals surface area contributed by atoms with Crippen molar-refractivity contribution >= 4 is 6.16 Å². The highest BCUT2D eigenvalue weighted by atomic mass is 16.7. The van der Waals surface area contributed by atoms with Crippen molar-refractivity contribution in [1.29, 1.82) is 0 Å². The maximum atomic E-state index is 9.74. The van der Waals surface area contributed by atoms with Crippen molar-refractivity contribution in [2.24, 2.45) is 0 Å². The highest BCUT2D eigenvalue weighted by Crippen LogP contribution is 2.17. The molecule has 0 saturated heterocycles. The lowest BCUT2D eigenvalue weighted by Gasteiger charge is -1.98. The van der Waals surface area contributed by atoms with Gasteiger partial charge in [0.1, 0.15) is 0 Å². The minimum atomic E-state index is -0.657. The molecule has 0 radical (unpaired) electrons. The van der Waals surface area contributed by atoms with Gasteiger partial charge in [0.05, 0.1) is 28.4 Å². The van der Waals surface area contributed by atoms with Gasteiger partial charge in [-0.05, 0) is 17.7 Å². The van der Waals surface area contributed by atoms with Crippen LogP contribution in [-0.4, -0.2) is 34.6 Å². The number of hydrogen-bond acceptors (Lipinski definition) is 5. The van der Waals surface area contributed by atoms with Crippen LogP contribution in [-0.2, 0) is 18.9 Å². The van der Waals surface area contributed by atoms with Crippen molar-refractivity contribution in [2.75, 3.05) is 28.4 Å². The van der Waals surface area contributed by atoms with Crippen molar-refractivity contribution in [1.82, 2.24) is 0 Å². The summed E-state index contributed by atoms with van der Waals surface area (Å²) in [5.41, 5.74) is 2.55. The zero-order valence-corrected chi connectivity index (χ0v) is 14.5. The first-order chi connectivity index (χ1) is 11.6. The van der Waals surface area contributed by atoms with Crippen molar-refractivity contribution in [2.45, 2.75) is 0 Å². The van der Waals surface area contributed by atoms with Gasteiger partial charge in [0.2, 0.25) is 0 Å². The lowest BCUT2D eigenvalue weighted by Crippen LogP contribution is -1.97. The number of carbonyl (C=O) groups is 1. The van der Waals surface area contributed by atoms with E-state index >= 15 is 0 Å². The van der Waals surface area contributed by atoms with Gasteiger partial charge in [0.25, 0.3) is 5.95 Å². The third-order valence-electron chi connectivity index (χ3n) is 2.67. The predicted octanol–water partition coefficient (Wildman–Crippen LogP) is 4.50. The predicted molar refractivity (Wildman–Crippen MR) is 94.5 cm³/mol. The minimum Gasteiger partial charge on any atom is -0.469 e. The van der Waals surface area contributed by atoms with Crippen LogP contribution in [0.5, 0.6) is 0 Å². The zero-order chi connectivity index (χ0) is 18.2. The molecule has 5 heteroatoms. The number of benzene rings is 2. The van der Waals surface area contributed by atoms with E-state index in [0.717, 1.165) is 0 Å². The molecule has 0 aliphatic heterocycles. The topological polar surface area (TPSA) is 54.0 Å². The van der Waals surface area contributed by atoms with Crippen LogP contribution in [0.4, 0.5) is 4.79 Å². The first-order valence-electron chi connectivity index (χ1n) is 7.08. The first-order valence-corrected chi connectivity index (χ1v) is 7.08. The van der Waals surface area contributed by atoms with Crippen LogP contribution in [0, 0.1) is 0 Å². The standard InChI is InChI=1S/C12H10.C4H8O2.C3H6O3/c1-3-7-11(8-4-1)12-9-5-2-6-10-12;1-4(5-2)6-3;1-5-3(4)6-2/h1-10H;1H2,2-3H3;1-2H3. The van der Waals surface area contributed by atoms with Crippen LogP contribution in [0.15, 0.2) is 73.2 Å². The summed E-state index contributed by atoms with van der Waals surface area (Å²) in [4.78, 5) is 9.74. The van der Waals surface area contributed by atoms with Gasteiger partial charge in [0, 0.05) is 0 Å². The average Bonchev–Trinajstić information content (AvgIpc) is 2.69. The van der Waals surface area contributed by atoms with Crippen molar-refractivity contribution in [3.05, 3.63) is 73.2 Å². The van der Waals surface area contributed by atoms with E-state index in [-0.39, 0.29) is 0 Å². The molecule has 0 fully saturated rings.